The second-order valence-corrected chi connectivity index (χ2v) is 6.27. The van der Waals surface area contributed by atoms with Crippen LogP contribution in [0.1, 0.15) is 26.7 Å². The van der Waals surface area contributed by atoms with Gasteiger partial charge in [-0.1, -0.05) is 13.8 Å². The highest BCUT2D eigenvalue weighted by Gasteiger charge is 2.52. The second-order valence-electron chi connectivity index (χ2n) is 6.27. The molecule has 0 aromatic heterocycles. The molecule has 2 rings (SSSR count). The zero-order chi connectivity index (χ0) is 15.6. The topological polar surface area (TPSA) is 81.8 Å². The van der Waals surface area contributed by atoms with E-state index in [0.717, 1.165) is 24.5 Å². The minimum Gasteiger partial charge on any atom is -0.358 e. The molecule has 4 amide bonds. The lowest BCUT2D eigenvalue weighted by Crippen LogP contribution is -2.55. The maximum atomic E-state index is 12.5. The average molecular weight is 296 g/mol. The number of hydrogen-bond donors (Lipinski definition) is 2. The zero-order valence-corrected chi connectivity index (χ0v) is 12.9. The molecular formula is C14H24N4O3. The van der Waals surface area contributed by atoms with Crippen LogP contribution in [-0.4, -0.2) is 66.4 Å². The van der Waals surface area contributed by atoms with Crippen LogP contribution >= 0.6 is 0 Å². The van der Waals surface area contributed by atoms with Crippen molar-refractivity contribution >= 4 is 17.8 Å². The molecule has 2 heterocycles. The highest BCUT2D eigenvalue weighted by Crippen LogP contribution is 2.29. The van der Waals surface area contributed by atoms with Gasteiger partial charge in [-0.2, -0.15) is 0 Å². The number of amides is 4. The fraction of sp³-hybridized carbons (Fsp3) is 0.786. The number of imide groups is 1. The van der Waals surface area contributed by atoms with Crippen molar-refractivity contribution in [2.24, 2.45) is 5.92 Å². The second kappa shape index (κ2) is 6.01. The van der Waals surface area contributed by atoms with Gasteiger partial charge in [0.05, 0.1) is 0 Å². The molecule has 0 aromatic carbocycles. The highest BCUT2D eigenvalue weighted by molar-refractivity contribution is 6.09. The van der Waals surface area contributed by atoms with Crippen molar-refractivity contribution in [3.63, 3.8) is 0 Å². The number of nitrogens with zero attached hydrogens (tertiary/aromatic N) is 2. The molecule has 1 spiro atoms. The van der Waals surface area contributed by atoms with Gasteiger partial charge in [0.1, 0.15) is 12.1 Å². The molecule has 7 nitrogen and oxygen atoms in total. The van der Waals surface area contributed by atoms with Gasteiger partial charge in [0, 0.05) is 26.7 Å². The summed E-state index contributed by atoms with van der Waals surface area (Å²) >= 11 is 0. The fourth-order valence-electron chi connectivity index (χ4n) is 3.02. The molecule has 2 aliphatic rings. The van der Waals surface area contributed by atoms with Crippen LogP contribution in [0.2, 0.25) is 0 Å². The summed E-state index contributed by atoms with van der Waals surface area (Å²) in [6.45, 7) is 6.70. The molecule has 0 unspecified atom stereocenters. The lowest BCUT2D eigenvalue weighted by atomic mass is 9.87. The van der Waals surface area contributed by atoms with Crippen LogP contribution in [-0.2, 0) is 9.59 Å². The van der Waals surface area contributed by atoms with E-state index in [9.17, 15) is 14.4 Å². The largest absolute Gasteiger partial charge is 0.358 e. The van der Waals surface area contributed by atoms with Gasteiger partial charge < -0.3 is 15.5 Å². The van der Waals surface area contributed by atoms with E-state index in [1.165, 1.54) is 7.05 Å². The van der Waals surface area contributed by atoms with Gasteiger partial charge in [0.25, 0.3) is 5.91 Å². The SMILES string of the molecule is CNC(=O)CN1C(=O)NC2(CCN(CC(C)C)CC2)C1=O. The Kier molecular flexibility index (Phi) is 4.51. The third-order valence-corrected chi connectivity index (χ3v) is 4.16. The summed E-state index contributed by atoms with van der Waals surface area (Å²) in [6.07, 6.45) is 1.21. The molecule has 2 aliphatic heterocycles. The molecule has 0 radical (unpaired) electrons. The first-order chi connectivity index (χ1) is 9.88. The van der Waals surface area contributed by atoms with Gasteiger partial charge in [0.15, 0.2) is 0 Å². The minimum atomic E-state index is -0.807. The molecule has 2 fully saturated rings. The van der Waals surface area contributed by atoms with Gasteiger partial charge in [0.2, 0.25) is 5.91 Å². The number of carbonyl (C=O) groups excluding carboxylic acids is 3. The maximum absolute atomic E-state index is 12.5. The Labute approximate surface area is 125 Å². The number of carbonyl (C=O) groups is 3. The van der Waals surface area contributed by atoms with Gasteiger partial charge in [-0.05, 0) is 18.8 Å². The van der Waals surface area contributed by atoms with E-state index < -0.39 is 11.6 Å². The summed E-state index contributed by atoms with van der Waals surface area (Å²) in [6, 6.07) is -0.457. The molecular weight excluding hydrogens is 272 g/mol. The van der Waals surface area contributed by atoms with E-state index >= 15 is 0 Å². The lowest BCUT2D eigenvalue weighted by Gasteiger charge is -2.37. The number of likely N-dealkylation sites (tertiary alicyclic amines) is 1. The Hall–Kier alpha value is -1.63. The highest BCUT2D eigenvalue weighted by atomic mass is 16.2. The summed E-state index contributed by atoms with van der Waals surface area (Å²) in [5.41, 5.74) is -0.807. The van der Waals surface area contributed by atoms with Crippen molar-refractivity contribution in [2.75, 3.05) is 33.2 Å². The smallest absolute Gasteiger partial charge is 0.325 e. The number of nitrogens with one attached hydrogen (secondary N) is 2. The average Bonchev–Trinajstić information content (AvgIpc) is 2.65. The van der Waals surface area contributed by atoms with Crippen molar-refractivity contribution in [1.29, 1.82) is 0 Å². The molecule has 0 saturated carbocycles. The first kappa shape index (κ1) is 15.8. The summed E-state index contributed by atoms with van der Waals surface area (Å²) < 4.78 is 0. The van der Waals surface area contributed by atoms with E-state index in [0.29, 0.717) is 18.8 Å². The summed E-state index contributed by atoms with van der Waals surface area (Å²) in [5.74, 6) is -0.0224. The molecule has 7 heteroatoms. The van der Waals surface area contributed by atoms with Crippen molar-refractivity contribution in [2.45, 2.75) is 32.2 Å². The number of hydrogen-bond acceptors (Lipinski definition) is 4. The van der Waals surface area contributed by atoms with Crippen LogP contribution in [0, 0.1) is 5.92 Å². The van der Waals surface area contributed by atoms with Crippen molar-refractivity contribution in [3.05, 3.63) is 0 Å². The first-order valence-electron chi connectivity index (χ1n) is 7.45. The quantitative estimate of drug-likeness (QED) is 0.703. The molecule has 0 aliphatic carbocycles. The van der Waals surface area contributed by atoms with Crippen LogP contribution in [0.5, 0.6) is 0 Å². The van der Waals surface area contributed by atoms with Crippen molar-refractivity contribution in [3.8, 4) is 0 Å². The zero-order valence-electron chi connectivity index (χ0n) is 12.9. The molecule has 118 valence electrons. The summed E-state index contributed by atoms with van der Waals surface area (Å²) in [4.78, 5) is 39.2. The Morgan fingerprint density at radius 3 is 2.48 bits per heavy atom. The molecule has 21 heavy (non-hydrogen) atoms. The predicted octanol–water partition coefficient (Wildman–Crippen LogP) is -0.225. The first-order valence-corrected chi connectivity index (χ1v) is 7.45. The fourth-order valence-corrected chi connectivity index (χ4v) is 3.02. The van der Waals surface area contributed by atoms with Gasteiger partial charge >= 0.3 is 6.03 Å². The van der Waals surface area contributed by atoms with E-state index in [1.807, 2.05) is 0 Å². The Balaban J connectivity index is 2.00. The third-order valence-electron chi connectivity index (χ3n) is 4.16. The lowest BCUT2D eigenvalue weighted by molar-refractivity contribution is -0.136. The van der Waals surface area contributed by atoms with Crippen LogP contribution in [0.3, 0.4) is 0 Å². The van der Waals surface area contributed by atoms with Crippen LogP contribution < -0.4 is 10.6 Å². The van der Waals surface area contributed by atoms with Crippen LogP contribution in [0.4, 0.5) is 4.79 Å². The standard InChI is InChI=1S/C14H24N4O3/c1-10(2)8-17-6-4-14(5-7-17)12(20)18(13(21)16-14)9-11(19)15-3/h10H,4-9H2,1-3H3,(H,15,19)(H,16,21). The van der Waals surface area contributed by atoms with E-state index in [1.54, 1.807) is 0 Å². The van der Waals surface area contributed by atoms with Crippen molar-refractivity contribution < 1.29 is 14.4 Å². The summed E-state index contributed by atoms with van der Waals surface area (Å²) in [7, 11) is 1.49. The molecule has 2 N–H and O–H groups in total. The van der Waals surface area contributed by atoms with Crippen LogP contribution in [0.15, 0.2) is 0 Å². The van der Waals surface area contributed by atoms with Gasteiger partial charge in [-0.15, -0.1) is 0 Å². The Morgan fingerprint density at radius 1 is 1.33 bits per heavy atom. The number of piperidine rings is 1. The summed E-state index contributed by atoms with van der Waals surface area (Å²) in [5, 5.41) is 5.24. The van der Waals surface area contributed by atoms with E-state index in [2.05, 4.69) is 29.4 Å². The van der Waals surface area contributed by atoms with Gasteiger partial charge in [-0.3, -0.25) is 14.5 Å². The molecule has 0 aromatic rings. The molecule has 0 atom stereocenters. The third kappa shape index (κ3) is 3.18. The number of urea groups is 1. The number of rotatable bonds is 4. The minimum absolute atomic E-state index is 0.210. The predicted molar refractivity (Wildman–Crippen MR) is 77.6 cm³/mol. The van der Waals surface area contributed by atoms with Gasteiger partial charge in [-0.25, -0.2) is 4.79 Å². The Bertz CT molecular complexity index is 442. The molecule has 2 saturated heterocycles. The van der Waals surface area contributed by atoms with E-state index in [4.69, 9.17) is 0 Å². The van der Waals surface area contributed by atoms with E-state index in [-0.39, 0.29) is 18.4 Å². The normalized spacial score (nSPS) is 22.0. The number of likely N-dealkylation sites (N-methyl/N-ethyl adjacent to an activating group) is 1. The van der Waals surface area contributed by atoms with Crippen LogP contribution in [0.25, 0.3) is 0 Å². The maximum Gasteiger partial charge on any atom is 0.325 e. The van der Waals surface area contributed by atoms with Crippen molar-refractivity contribution in [1.82, 2.24) is 20.4 Å². The molecule has 0 bridgehead atoms. The monoisotopic (exact) mass is 296 g/mol. The Morgan fingerprint density at radius 2 is 1.95 bits per heavy atom.